The third-order valence-electron chi connectivity index (χ3n) is 11.0. The average Bonchev–Trinajstić information content (AvgIpc) is 2.96. The van der Waals surface area contributed by atoms with Crippen LogP contribution in [0.1, 0.15) is 71.7 Å². The zero-order valence-electron chi connectivity index (χ0n) is 25.7. The number of carbonyl (C=O) groups excluding carboxylic acids is 3. The van der Waals surface area contributed by atoms with Crippen LogP contribution >= 0.6 is 0 Å². The second-order valence-corrected chi connectivity index (χ2v) is 17.8. The molecule has 3 aliphatic carbocycles. The molecule has 9 nitrogen and oxygen atoms in total. The largest absolute Gasteiger partial charge is 0.455 e. The van der Waals surface area contributed by atoms with E-state index in [0.29, 0.717) is 5.57 Å². The molecule has 0 spiro atoms. The van der Waals surface area contributed by atoms with Crippen LogP contribution in [0.25, 0.3) is 0 Å². The average molecular weight is 603 g/mol. The summed E-state index contributed by atoms with van der Waals surface area (Å²) in [5.41, 5.74) is -4.64. The van der Waals surface area contributed by atoms with Crippen LogP contribution < -0.4 is 0 Å². The molecule has 2 saturated carbocycles. The van der Waals surface area contributed by atoms with Gasteiger partial charge in [0.15, 0.2) is 19.9 Å². The van der Waals surface area contributed by atoms with Crippen molar-refractivity contribution in [3.05, 3.63) is 47.0 Å². The molecule has 4 rings (SSSR count). The molecule has 0 aromatic heterocycles. The first-order chi connectivity index (χ1) is 19.6. The van der Waals surface area contributed by atoms with Crippen molar-refractivity contribution in [1.82, 2.24) is 0 Å². The quantitative estimate of drug-likeness (QED) is 0.209. The lowest BCUT2D eigenvalue weighted by molar-refractivity contribution is -0.221. The lowest BCUT2D eigenvalue weighted by Gasteiger charge is -2.61. The molecule has 232 valence electrons. The minimum absolute atomic E-state index is 0.136. The van der Waals surface area contributed by atoms with Crippen molar-refractivity contribution in [1.29, 1.82) is 0 Å². The Hall–Kier alpha value is -2.21. The van der Waals surface area contributed by atoms with E-state index < -0.39 is 78.7 Å². The first-order valence-corrected chi connectivity index (χ1v) is 17.6. The molecule has 1 aromatic rings. The van der Waals surface area contributed by atoms with Gasteiger partial charge in [-0.1, -0.05) is 52.8 Å². The van der Waals surface area contributed by atoms with Gasteiger partial charge >= 0.3 is 5.97 Å². The smallest absolute Gasteiger partial charge is 0.338 e. The predicted molar refractivity (Wildman–Crippen MR) is 158 cm³/mol. The van der Waals surface area contributed by atoms with Crippen molar-refractivity contribution >= 4 is 25.9 Å². The number of aliphatic hydroxyl groups is 4. The fraction of sp³-hybridized carbons (Fsp3) is 0.656. The Balaban J connectivity index is 2.02. The Bertz CT molecular complexity index is 1250. The molecule has 1 aromatic carbocycles. The number of esters is 1. The zero-order valence-corrected chi connectivity index (χ0v) is 26.7. The number of hydrogen-bond donors (Lipinski definition) is 4. The number of aliphatic hydroxyl groups excluding tert-OH is 3. The second kappa shape index (κ2) is 11.4. The van der Waals surface area contributed by atoms with E-state index in [2.05, 4.69) is 0 Å². The van der Waals surface area contributed by atoms with Crippen molar-refractivity contribution in [2.45, 2.75) is 116 Å². The summed E-state index contributed by atoms with van der Waals surface area (Å²) in [4.78, 5) is 42.3. The highest BCUT2D eigenvalue weighted by atomic mass is 28.4. The van der Waals surface area contributed by atoms with Gasteiger partial charge < -0.3 is 29.6 Å². The summed E-state index contributed by atoms with van der Waals surface area (Å²) >= 11 is 0. The van der Waals surface area contributed by atoms with E-state index >= 15 is 0 Å². The number of hydrogen-bond acceptors (Lipinski definition) is 9. The molecular formula is C32H46O9Si. The van der Waals surface area contributed by atoms with Crippen LogP contribution in [0.5, 0.6) is 0 Å². The number of ether oxygens (including phenoxy) is 1. The van der Waals surface area contributed by atoms with Gasteiger partial charge in [0.25, 0.3) is 0 Å². The molecule has 4 N–H and O–H groups in total. The number of ketones is 2. The van der Waals surface area contributed by atoms with E-state index in [4.69, 9.17) is 9.16 Å². The third-order valence-corrected chi connectivity index (χ3v) is 15.6. The van der Waals surface area contributed by atoms with Gasteiger partial charge in [-0.3, -0.25) is 9.59 Å². The number of benzene rings is 1. The molecule has 0 amide bonds. The molecule has 8 atom stereocenters. The van der Waals surface area contributed by atoms with Gasteiger partial charge in [-0.05, 0) is 55.3 Å². The Labute approximate surface area is 249 Å². The van der Waals surface area contributed by atoms with Gasteiger partial charge in [0, 0.05) is 18.3 Å². The zero-order chi connectivity index (χ0) is 31.4. The van der Waals surface area contributed by atoms with Crippen LogP contribution in [0.2, 0.25) is 18.1 Å². The summed E-state index contributed by atoms with van der Waals surface area (Å²) in [5, 5.41) is 46.7. The second-order valence-electron chi connectivity index (χ2n) is 13.1. The van der Waals surface area contributed by atoms with Gasteiger partial charge in [-0.15, -0.1) is 0 Å². The lowest BCUT2D eigenvalue weighted by Crippen LogP contribution is -2.74. The van der Waals surface area contributed by atoms with Crippen molar-refractivity contribution in [2.24, 2.45) is 16.7 Å². The van der Waals surface area contributed by atoms with Crippen LogP contribution in [0, 0.1) is 16.7 Å². The van der Waals surface area contributed by atoms with Crippen LogP contribution in [-0.4, -0.2) is 82.4 Å². The van der Waals surface area contributed by atoms with Gasteiger partial charge in [0.05, 0.1) is 29.1 Å². The molecule has 3 aliphatic rings. The predicted octanol–water partition coefficient (Wildman–Crippen LogP) is 3.34. The SMILES string of the molecule is CC[Si](CC)(CC)O[C@H]1C[C@H](O)C(=O)C2[C@H](OC(=O)c3ccccc3)[C@]3(O)C[C@H](O)C(C)=C([C@@H](O)C(=O)[C@@]21C)C3(C)C. The summed E-state index contributed by atoms with van der Waals surface area (Å²) in [6.45, 7) is 12.4. The van der Waals surface area contributed by atoms with Crippen molar-refractivity contribution in [3.63, 3.8) is 0 Å². The Morgan fingerprint density at radius 2 is 1.55 bits per heavy atom. The van der Waals surface area contributed by atoms with Crippen LogP contribution in [-0.2, 0) is 18.8 Å². The summed E-state index contributed by atoms with van der Waals surface area (Å²) in [5.74, 6) is -3.88. The number of carbonyl (C=O) groups is 3. The molecule has 2 fully saturated rings. The topological polar surface area (TPSA) is 151 Å². The van der Waals surface area contributed by atoms with Gasteiger partial charge in [0.1, 0.15) is 23.9 Å². The van der Waals surface area contributed by atoms with Gasteiger partial charge in [-0.2, -0.15) is 0 Å². The molecule has 0 aliphatic heterocycles. The Morgan fingerprint density at radius 3 is 2.10 bits per heavy atom. The van der Waals surface area contributed by atoms with Crippen molar-refractivity contribution in [3.8, 4) is 0 Å². The summed E-state index contributed by atoms with van der Waals surface area (Å²) in [6.07, 6.45) is -7.73. The third kappa shape index (κ3) is 4.75. The molecular weight excluding hydrogens is 556 g/mol. The van der Waals surface area contributed by atoms with E-state index in [1.165, 1.54) is 19.1 Å². The number of fused-ring (bicyclic) bond motifs is 3. The van der Waals surface area contributed by atoms with Crippen molar-refractivity contribution < 1.29 is 44.0 Å². The van der Waals surface area contributed by atoms with Crippen LogP contribution in [0.3, 0.4) is 0 Å². The minimum atomic E-state index is -2.45. The fourth-order valence-corrected chi connectivity index (χ4v) is 10.7. The highest BCUT2D eigenvalue weighted by molar-refractivity contribution is 6.73. The first kappa shape index (κ1) is 32.7. The number of Topliss-reactive ketones (excluding diaryl/α,β-unsaturated/α-hetero) is 2. The molecule has 2 bridgehead atoms. The summed E-state index contributed by atoms with van der Waals surface area (Å²) in [7, 11) is -2.45. The van der Waals surface area contributed by atoms with Crippen LogP contribution in [0.15, 0.2) is 41.5 Å². The van der Waals surface area contributed by atoms with E-state index in [9.17, 15) is 34.8 Å². The molecule has 10 heteroatoms. The Morgan fingerprint density at radius 1 is 0.976 bits per heavy atom. The summed E-state index contributed by atoms with van der Waals surface area (Å²) < 4.78 is 12.9. The van der Waals surface area contributed by atoms with E-state index in [-0.39, 0.29) is 24.0 Å². The fourth-order valence-electron chi connectivity index (χ4n) is 7.78. The monoisotopic (exact) mass is 602 g/mol. The molecule has 1 unspecified atom stereocenters. The number of rotatable bonds is 7. The molecule has 0 saturated heterocycles. The standard InChI is InChI=1S/C32H46O9Si/c1-8-42(9-2,10-3)41-22-16-20(33)25(35)24-28(40-29(38)19-14-12-11-13-15-19)32(39)17-21(34)18(4)23(30(32,5)6)26(36)27(37)31(22,24)7/h11-15,20-22,24,26,28,33-34,36,39H,8-10,16-17H2,1-7H3/t20-,21-,22-,24?,26+,28-,31+,32+/m0/s1. The lowest BCUT2D eigenvalue weighted by atomic mass is 9.48. The van der Waals surface area contributed by atoms with Crippen LogP contribution in [0.4, 0.5) is 0 Å². The van der Waals surface area contributed by atoms with Gasteiger partial charge in [-0.25, -0.2) is 4.79 Å². The Kier molecular flexibility index (Phi) is 8.85. The molecule has 0 heterocycles. The highest BCUT2D eigenvalue weighted by Gasteiger charge is 2.71. The maximum Gasteiger partial charge on any atom is 0.338 e. The van der Waals surface area contributed by atoms with Gasteiger partial charge in [0.2, 0.25) is 0 Å². The summed E-state index contributed by atoms with van der Waals surface area (Å²) in [6, 6.07) is 10.3. The molecule has 0 radical (unpaired) electrons. The highest BCUT2D eigenvalue weighted by Crippen LogP contribution is 2.59. The van der Waals surface area contributed by atoms with E-state index in [1.807, 2.05) is 20.8 Å². The normalized spacial score (nSPS) is 36.6. The maximum atomic E-state index is 14.6. The van der Waals surface area contributed by atoms with E-state index in [0.717, 1.165) is 18.1 Å². The molecule has 42 heavy (non-hydrogen) atoms. The first-order valence-electron chi connectivity index (χ1n) is 15.1. The maximum absolute atomic E-state index is 14.6. The van der Waals surface area contributed by atoms with E-state index in [1.54, 1.807) is 39.0 Å². The minimum Gasteiger partial charge on any atom is -0.455 e. The van der Waals surface area contributed by atoms with Crippen molar-refractivity contribution in [2.75, 3.05) is 0 Å².